The van der Waals surface area contributed by atoms with Crippen molar-refractivity contribution in [3.8, 4) is 23.7 Å². The van der Waals surface area contributed by atoms with Crippen molar-refractivity contribution in [2.45, 2.75) is 38.7 Å². The fraction of sp³-hybridized carbons (Fsp3) is 0.364. The predicted molar refractivity (Wildman–Crippen MR) is 160 cm³/mol. The number of benzene rings is 2. The van der Waals surface area contributed by atoms with Gasteiger partial charge in [-0.1, -0.05) is 18.2 Å². The molecule has 1 N–H and O–H groups in total. The second kappa shape index (κ2) is 13.1. The molecule has 2 heterocycles. The average Bonchev–Trinajstić information content (AvgIpc) is 2.98. The van der Waals surface area contributed by atoms with E-state index in [-0.39, 0.29) is 29.6 Å². The summed E-state index contributed by atoms with van der Waals surface area (Å²) >= 11 is 0. The van der Waals surface area contributed by atoms with Crippen molar-refractivity contribution in [1.82, 2.24) is 14.9 Å². The molecule has 0 aliphatic carbocycles. The molecule has 0 aliphatic rings. The maximum atomic E-state index is 16.2. The van der Waals surface area contributed by atoms with E-state index in [4.69, 9.17) is 19.2 Å². The van der Waals surface area contributed by atoms with Gasteiger partial charge >= 0.3 is 0 Å². The lowest BCUT2D eigenvalue weighted by Crippen LogP contribution is -2.38. The quantitative estimate of drug-likeness (QED) is 0.230. The van der Waals surface area contributed by atoms with Gasteiger partial charge in [-0.2, -0.15) is 10.2 Å². The van der Waals surface area contributed by atoms with Crippen LogP contribution in [0.3, 0.4) is 0 Å². The standard InChI is InChI=1S/C33H37FN4O4/c1-7-41-28-18-24(19-29(37-28)42-8-2)33(39,14-15-38(4)5)30(25-11-9-10-21(3)31(25)34)26-17-23-16-22(20-35)12-13-27(23)36-32(26)40-6/h9-13,16-19,30,39H,7-8,14-15H2,1-6H3/t30-,33-/m1/s1. The molecule has 9 heteroatoms. The molecular formula is C33H37FN4O4. The number of hydrogen-bond acceptors (Lipinski definition) is 8. The first-order valence-electron chi connectivity index (χ1n) is 13.9. The van der Waals surface area contributed by atoms with Gasteiger partial charge in [-0.3, -0.25) is 0 Å². The zero-order valence-electron chi connectivity index (χ0n) is 24.9. The van der Waals surface area contributed by atoms with Crippen molar-refractivity contribution in [2.75, 3.05) is 41.0 Å². The first kappa shape index (κ1) is 30.7. The molecule has 2 aromatic heterocycles. The van der Waals surface area contributed by atoms with Gasteiger partial charge in [-0.15, -0.1) is 0 Å². The third kappa shape index (κ3) is 6.30. The number of nitriles is 1. The molecule has 0 aliphatic heterocycles. The van der Waals surface area contributed by atoms with E-state index in [9.17, 15) is 10.4 Å². The van der Waals surface area contributed by atoms with Crippen LogP contribution >= 0.6 is 0 Å². The maximum absolute atomic E-state index is 16.2. The van der Waals surface area contributed by atoms with E-state index in [0.29, 0.717) is 52.9 Å². The van der Waals surface area contributed by atoms with Gasteiger partial charge in [0.15, 0.2) is 0 Å². The topological polar surface area (TPSA) is 101 Å². The second-order valence-corrected chi connectivity index (χ2v) is 10.4. The molecule has 0 bridgehead atoms. The number of hydrogen-bond donors (Lipinski definition) is 1. The van der Waals surface area contributed by atoms with Crippen LogP contribution < -0.4 is 14.2 Å². The van der Waals surface area contributed by atoms with E-state index >= 15 is 4.39 Å². The summed E-state index contributed by atoms with van der Waals surface area (Å²) in [7, 11) is 5.32. The van der Waals surface area contributed by atoms with Crippen LogP contribution in [0.4, 0.5) is 4.39 Å². The highest BCUT2D eigenvalue weighted by Gasteiger charge is 2.44. The number of rotatable bonds is 12. The van der Waals surface area contributed by atoms with Crippen LogP contribution in [0.1, 0.15) is 54.0 Å². The lowest BCUT2D eigenvalue weighted by Gasteiger charge is -2.39. The highest BCUT2D eigenvalue weighted by molar-refractivity contribution is 5.82. The van der Waals surface area contributed by atoms with Crippen molar-refractivity contribution in [2.24, 2.45) is 0 Å². The predicted octanol–water partition coefficient (Wildman–Crippen LogP) is 5.73. The Labute approximate surface area is 246 Å². The summed E-state index contributed by atoms with van der Waals surface area (Å²) < 4.78 is 33.5. The van der Waals surface area contributed by atoms with Crippen LogP contribution in [0.25, 0.3) is 10.9 Å². The smallest absolute Gasteiger partial charge is 0.217 e. The molecule has 2 atom stereocenters. The van der Waals surface area contributed by atoms with Crippen LogP contribution in [-0.2, 0) is 5.60 Å². The number of nitrogens with zero attached hydrogens (tertiary/aromatic N) is 4. The van der Waals surface area contributed by atoms with Crippen molar-refractivity contribution >= 4 is 10.9 Å². The third-order valence-corrected chi connectivity index (χ3v) is 7.25. The summed E-state index contributed by atoms with van der Waals surface area (Å²) in [6.07, 6.45) is 0.207. The van der Waals surface area contributed by atoms with Gasteiger partial charge < -0.3 is 24.2 Å². The van der Waals surface area contributed by atoms with Gasteiger partial charge in [0.1, 0.15) is 11.4 Å². The zero-order valence-corrected chi connectivity index (χ0v) is 24.9. The summed E-state index contributed by atoms with van der Waals surface area (Å²) in [5.41, 5.74) is 0.986. The molecule has 0 radical (unpaired) electrons. The lowest BCUT2D eigenvalue weighted by molar-refractivity contribution is 0.00230. The number of aryl methyl sites for hydroxylation is 1. The van der Waals surface area contributed by atoms with Crippen LogP contribution in [0.5, 0.6) is 17.6 Å². The Hall–Kier alpha value is -4.26. The molecule has 4 rings (SSSR count). The number of ether oxygens (including phenoxy) is 3. The molecular weight excluding hydrogens is 535 g/mol. The Bertz CT molecular complexity index is 1580. The average molecular weight is 573 g/mol. The molecule has 0 unspecified atom stereocenters. The Morgan fingerprint density at radius 3 is 2.29 bits per heavy atom. The van der Waals surface area contributed by atoms with E-state index in [2.05, 4.69) is 11.1 Å². The molecule has 42 heavy (non-hydrogen) atoms. The van der Waals surface area contributed by atoms with Gasteiger partial charge in [-0.25, -0.2) is 9.37 Å². The van der Waals surface area contributed by atoms with E-state index in [0.717, 1.165) is 0 Å². The zero-order chi connectivity index (χ0) is 30.4. The van der Waals surface area contributed by atoms with Crippen molar-refractivity contribution in [3.05, 3.63) is 88.2 Å². The van der Waals surface area contributed by atoms with Crippen LogP contribution in [-0.4, -0.2) is 60.9 Å². The number of pyridine rings is 2. The Balaban J connectivity index is 2.11. The molecule has 2 aromatic carbocycles. The molecule has 8 nitrogen and oxygen atoms in total. The van der Waals surface area contributed by atoms with Gasteiger partial charge in [0.2, 0.25) is 17.6 Å². The van der Waals surface area contributed by atoms with Gasteiger partial charge in [-0.05, 0) is 82.2 Å². The molecule has 0 fully saturated rings. The van der Waals surface area contributed by atoms with Crippen LogP contribution in [0.2, 0.25) is 0 Å². The second-order valence-electron chi connectivity index (χ2n) is 10.4. The number of fused-ring (bicyclic) bond motifs is 1. The minimum Gasteiger partial charge on any atom is -0.481 e. The number of halogens is 1. The van der Waals surface area contributed by atoms with Gasteiger partial charge in [0.25, 0.3) is 0 Å². The largest absolute Gasteiger partial charge is 0.481 e. The Morgan fingerprint density at radius 2 is 1.69 bits per heavy atom. The van der Waals surface area contributed by atoms with E-state index in [1.54, 1.807) is 55.5 Å². The maximum Gasteiger partial charge on any atom is 0.217 e. The minimum absolute atomic E-state index is 0.207. The number of aliphatic hydroxyl groups is 1. The van der Waals surface area contributed by atoms with Crippen molar-refractivity contribution < 1.29 is 23.7 Å². The molecule has 0 spiro atoms. The van der Waals surface area contributed by atoms with E-state index in [1.807, 2.05) is 38.9 Å². The molecule has 0 saturated heterocycles. The summed E-state index contributed by atoms with van der Waals surface area (Å²) in [6.45, 7) is 6.57. The van der Waals surface area contributed by atoms with Crippen LogP contribution in [0.15, 0.2) is 54.6 Å². The first-order valence-corrected chi connectivity index (χ1v) is 13.9. The summed E-state index contributed by atoms with van der Waals surface area (Å²) in [4.78, 5) is 11.1. The molecule has 220 valence electrons. The fourth-order valence-corrected chi connectivity index (χ4v) is 5.21. The van der Waals surface area contributed by atoms with Crippen molar-refractivity contribution in [1.29, 1.82) is 5.26 Å². The highest BCUT2D eigenvalue weighted by atomic mass is 19.1. The number of methoxy groups -OCH3 is 1. The lowest BCUT2D eigenvalue weighted by atomic mass is 9.71. The van der Waals surface area contributed by atoms with Crippen molar-refractivity contribution in [3.63, 3.8) is 0 Å². The van der Waals surface area contributed by atoms with Gasteiger partial charge in [0, 0.05) is 29.6 Å². The minimum atomic E-state index is -1.71. The first-order chi connectivity index (χ1) is 20.1. The SMILES string of the molecule is CCOc1cc([C@](O)(CCN(C)C)[C@@H](c2cc3cc(C#N)ccc3nc2OC)c2cccc(C)c2F)cc(OCC)n1. The highest BCUT2D eigenvalue weighted by Crippen LogP contribution is 2.49. The Kier molecular flexibility index (Phi) is 9.61. The third-order valence-electron chi connectivity index (χ3n) is 7.25. The summed E-state index contributed by atoms with van der Waals surface area (Å²) in [5, 5.41) is 23.2. The molecule has 0 amide bonds. The van der Waals surface area contributed by atoms with E-state index < -0.39 is 17.3 Å². The van der Waals surface area contributed by atoms with Crippen LogP contribution in [0, 0.1) is 24.1 Å². The normalized spacial score (nSPS) is 13.4. The van der Waals surface area contributed by atoms with E-state index in [1.165, 1.54) is 7.11 Å². The molecule has 0 saturated carbocycles. The molecule has 4 aromatic rings. The fourth-order valence-electron chi connectivity index (χ4n) is 5.21. The number of aromatic nitrogens is 2. The summed E-state index contributed by atoms with van der Waals surface area (Å²) in [6, 6.07) is 17.6. The monoisotopic (exact) mass is 572 g/mol. The summed E-state index contributed by atoms with van der Waals surface area (Å²) in [5.74, 6) is -0.616. The Morgan fingerprint density at radius 1 is 1.00 bits per heavy atom. The van der Waals surface area contributed by atoms with Gasteiger partial charge in [0.05, 0.1) is 43.4 Å².